The molecule has 166 valence electrons. The van der Waals surface area contributed by atoms with Gasteiger partial charge in [0.05, 0.1) is 6.17 Å². The van der Waals surface area contributed by atoms with Crippen LogP contribution in [0.5, 0.6) is 0 Å². The van der Waals surface area contributed by atoms with E-state index in [9.17, 15) is 0 Å². The molecule has 0 spiro atoms. The molecule has 0 aromatic carbocycles. The molecule has 1 rings (SSSR count). The molecule has 0 fully saturated rings. The third-order valence-electron chi connectivity index (χ3n) is 6.45. The summed E-state index contributed by atoms with van der Waals surface area (Å²) in [4.78, 5) is 5.08. The van der Waals surface area contributed by atoms with Crippen LogP contribution in [0.15, 0.2) is 12.4 Å². The van der Waals surface area contributed by atoms with E-state index < -0.39 is 0 Å². The van der Waals surface area contributed by atoms with Crippen molar-refractivity contribution < 1.29 is 0 Å². The third kappa shape index (κ3) is 12.7. The summed E-state index contributed by atoms with van der Waals surface area (Å²) in [5.74, 6) is 0. The first-order valence-corrected chi connectivity index (χ1v) is 13.0. The topological polar surface area (TPSA) is 6.48 Å². The van der Waals surface area contributed by atoms with Gasteiger partial charge in [-0.2, -0.15) is 0 Å². The van der Waals surface area contributed by atoms with Crippen LogP contribution in [0.3, 0.4) is 0 Å². The summed E-state index contributed by atoms with van der Waals surface area (Å²) in [6.07, 6.45) is 30.8. The molecule has 0 saturated heterocycles. The van der Waals surface area contributed by atoms with E-state index >= 15 is 0 Å². The maximum Gasteiger partial charge on any atom is 0.0977 e. The molecule has 1 unspecified atom stereocenters. The second kappa shape index (κ2) is 18.4. The van der Waals surface area contributed by atoms with E-state index in [0.717, 1.165) is 0 Å². The number of hydrogen-bond donors (Lipinski definition) is 0. The van der Waals surface area contributed by atoms with E-state index in [1.54, 1.807) is 0 Å². The highest BCUT2D eigenvalue weighted by molar-refractivity contribution is 4.95. The molecule has 1 aliphatic heterocycles. The maximum absolute atomic E-state index is 2.55. The Morgan fingerprint density at radius 3 is 1.07 bits per heavy atom. The summed E-state index contributed by atoms with van der Waals surface area (Å²) in [5, 5.41) is 0. The Bertz CT molecular complexity index is 352. The van der Waals surface area contributed by atoms with Gasteiger partial charge in [-0.1, -0.05) is 117 Å². The van der Waals surface area contributed by atoms with Crippen molar-refractivity contribution in [2.45, 2.75) is 143 Å². The summed E-state index contributed by atoms with van der Waals surface area (Å²) in [7, 11) is 0. The minimum atomic E-state index is 0.573. The summed E-state index contributed by atoms with van der Waals surface area (Å²) in [5.41, 5.74) is 0. The van der Waals surface area contributed by atoms with Gasteiger partial charge in [0.1, 0.15) is 0 Å². The van der Waals surface area contributed by atoms with Crippen molar-refractivity contribution in [3.8, 4) is 0 Å². The summed E-state index contributed by atoms with van der Waals surface area (Å²) in [6, 6.07) is 0. The zero-order valence-corrected chi connectivity index (χ0v) is 19.8. The molecule has 28 heavy (non-hydrogen) atoms. The van der Waals surface area contributed by atoms with Crippen molar-refractivity contribution in [2.24, 2.45) is 0 Å². The highest BCUT2D eigenvalue weighted by Crippen LogP contribution is 2.18. The van der Waals surface area contributed by atoms with Gasteiger partial charge >= 0.3 is 0 Å². The average Bonchev–Trinajstić information content (AvgIpc) is 3.05. The fourth-order valence-electron chi connectivity index (χ4n) is 4.34. The molecule has 0 bridgehead atoms. The van der Waals surface area contributed by atoms with Crippen molar-refractivity contribution in [1.29, 1.82) is 0 Å². The van der Waals surface area contributed by atoms with E-state index in [4.69, 9.17) is 0 Å². The Morgan fingerprint density at radius 1 is 0.464 bits per heavy atom. The quantitative estimate of drug-likeness (QED) is 0.192. The van der Waals surface area contributed by atoms with E-state index in [1.807, 2.05) is 0 Å². The first-order chi connectivity index (χ1) is 13.8. The SMILES string of the molecule is CCCCCCCCCCCCCCCN1C=CN(CCCCCCC)C1C. The van der Waals surface area contributed by atoms with Crippen LogP contribution in [-0.4, -0.2) is 29.1 Å². The zero-order chi connectivity index (χ0) is 20.3. The van der Waals surface area contributed by atoms with Crippen molar-refractivity contribution in [2.75, 3.05) is 13.1 Å². The van der Waals surface area contributed by atoms with Gasteiger partial charge in [0, 0.05) is 25.5 Å². The second-order valence-electron chi connectivity index (χ2n) is 9.06. The minimum absolute atomic E-state index is 0.573. The van der Waals surface area contributed by atoms with Crippen LogP contribution in [-0.2, 0) is 0 Å². The van der Waals surface area contributed by atoms with E-state index in [2.05, 4.69) is 43.0 Å². The Labute approximate surface area is 178 Å². The highest BCUT2D eigenvalue weighted by atomic mass is 15.4. The number of rotatable bonds is 20. The predicted molar refractivity (Wildman–Crippen MR) is 126 cm³/mol. The molecular weight excluding hydrogens is 340 g/mol. The largest absolute Gasteiger partial charge is 0.356 e. The van der Waals surface area contributed by atoms with Crippen LogP contribution < -0.4 is 0 Å². The third-order valence-corrected chi connectivity index (χ3v) is 6.45. The lowest BCUT2D eigenvalue weighted by molar-refractivity contribution is 0.165. The van der Waals surface area contributed by atoms with Gasteiger partial charge in [0.15, 0.2) is 0 Å². The Kier molecular flexibility index (Phi) is 16.7. The van der Waals surface area contributed by atoms with Gasteiger partial charge < -0.3 is 9.80 Å². The Hall–Kier alpha value is -0.660. The van der Waals surface area contributed by atoms with Gasteiger partial charge in [-0.05, 0) is 19.8 Å². The molecule has 0 aromatic heterocycles. The van der Waals surface area contributed by atoms with Gasteiger partial charge in [-0.25, -0.2) is 0 Å². The fraction of sp³-hybridized carbons (Fsp3) is 0.923. The van der Waals surface area contributed by atoms with Crippen LogP contribution in [0.1, 0.15) is 136 Å². The molecule has 1 atom stereocenters. The minimum Gasteiger partial charge on any atom is -0.356 e. The van der Waals surface area contributed by atoms with Gasteiger partial charge in [0.25, 0.3) is 0 Å². The van der Waals surface area contributed by atoms with Crippen molar-refractivity contribution in [3.05, 3.63) is 12.4 Å². The van der Waals surface area contributed by atoms with E-state index in [1.165, 1.54) is 129 Å². The molecule has 0 radical (unpaired) electrons. The molecule has 2 heteroatoms. The smallest absolute Gasteiger partial charge is 0.0977 e. The summed E-state index contributed by atoms with van der Waals surface area (Å²) in [6.45, 7) is 9.43. The first kappa shape index (κ1) is 25.4. The lowest BCUT2D eigenvalue weighted by Crippen LogP contribution is -2.36. The van der Waals surface area contributed by atoms with Crippen molar-refractivity contribution in [1.82, 2.24) is 9.80 Å². The lowest BCUT2D eigenvalue weighted by atomic mass is 10.0. The monoisotopic (exact) mass is 392 g/mol. The normalized spacial score (nSPS) is 16.5. The fourth-order valence-corrected chi connectivity index (χ4v) is 4.34. The molecule has 1 heterocycles. The first-order valence-electron chi connectivity index (χ1n) is 13.0. The molecule has 0 amide bonds. The molecule has 0 aliphatic carbocycles. The number of unbranched alkanes of at least 4 members (excludes halogenated alkanes) is 16. The number of nitrogens with zero attached hydrogens (tertiary/aromatic N) is 2. The Morgan fingerprint density at radius 2 is 0.750 bits per heavy atom. The standard InChI is InChI=1S/C26H52N2/c1-4-6-8-10-11-12-13-14-15-16-17-19-21-23-28-25-24-27(26(28)3)22-20-18-9-7-5-2/h24-26H,4-23H2,1-3H3. The van der Waals surface area contributed by atoms with Crippen LogP contribution >= 0.6 is 0 Å². The highest BCUT2D eigenvalue weighted by Gasteiger charge is 2.20. The van der Waals surface area contributed by atoms with Crippen LogP contribution in [0, 0.1) is 0 Å². The van der Waals surface area contributed by atoms with E-state index in [-0.39, 0.29) is 0 Å². The van der Waals surface area contributed by atoms with Crippen LogP contribution in [0.4, 0.5) is 0 Å². The maximum atomic E-state index is 2.55. The molecule has 0 N–H and O–H groups in total. The van der Waals surface area contributed by atoms with E-state index in [0.29, 0.717) is 6.17 Å². The molecule has 0 aromatic rings. The van der Waals surface area contributed by atoms with Crippen LogP contribution in [0.25, 0.3) is 0 Å². The average molecular weight is 393 g/mol. The van der Waals surface area contributed by atoms with Gasteiger partial charge in [-0.15, -0.1) is 0 Å². The van der Waals surface area contributed by atoms with Crippen molar-refractivity contribution in [3.63, 3.8) is 0 Å². The molecular formula is C26H52N2. The molecule has 0 saturated carbocycles. The van der Waals surface area contributed by atoms with Gasteiger partial charge in [0.2, 0.25) is 0 Å². The lowest BCUT2D eigenvalue weighted by Gasteiger charge is -2.30. The van der Waals surface area contributed by atoms with Crippen LogP contribution in [0.2, 0.25) is 0 Å². The number of hydrogen-bond acceptors (Lipinski definition) is 2. The molecule has 2 nitrogen and oxygen atoms in total. The Balaban J connectivity index is 1.87. The second-order valence-corrected chi connectivity index (χ2v) is 9.06. The van der Waals surface area contributed by atoms with Crippen molar-refractivity contribution >= 4 is 0 Å². The zero-order valence-electron chi connectivity index (χ0n) is 19.8. The predicted octanol–water partition coefficient (Wildman–Crippen LogP) is 8.48. The summed E-state index contributed by atoms with van der Waals surface area (Å²) >= 11 is 0. The summed E-state index contributed by atoms with van der Waals surface area (Å²) < 4.78 is 0. The molecule has 1 aliphatic rings. The van der Waals surface area contributed by atoms with Gasteiger partial charge in [-0.3, -0.25) is 0 Å².